The summed E-state index contributed by atoms with van der Waals surface area (Å²) in [5.74, 6) is 0. The Bertz CT molecular complexity index is 76.9. The van der Waals surface area contributed by atoms with Crippen molar-refractivity contribution in [1.82, 2.24) is 0 Å². The van der Waals surface area contributed by atoms with E-state index in [4.69, 9.17) is 0 Å². The van der Waals surface area contributed by atoms with Crippen molar-refractivity contribution < 1.29 is 0 Å². The summed E-state index contributed by atoms with van der Waals surface area (Å²) < 4.78 is 0.416. The molecule has 0 saturated carbocycles. The van der Waals surface area contributed by atoms with E-state index in [1.54, 1.807) is 0 Å². The molecule has 0 aliphatic heterocycles. The number of halogens is 1. The molecule has 0 saturated heterocycles. The van der Waals surface area contributed by atoms with Crippen LogP contribution in [0.5, 0.6) is 0 Å². The van der Waals surface area contributed by atoms with E-state index in [2.05, 4.69) is 36.7 Å². The summed E-state index contributed by atoms with van der Waals surface area (Å²) in [4.78, 5) is 0. The predicted octanol–water partition coefficient (Wildman–Crippen LogP) is 4.52. The zero-order valence-corrected chi connectivity index (χ0v) is 9.71. The molecule has 0 radical (unpaired) electrons. The molecule has 0 bridgehead atoms. The summed E-state index contributed by atoms with van der Waals surface area (Å²) in [7, 11) is 0. The lowest BCUT2D eigenvalue weighted by Gasteiger charge is -2.21. The third-order valence-electron chi connectivity index (χ3n) is 2.10. The van der Waals surface area contributed by atoms with Crippen LogP contribution in [0.1, 0.15) is 59.3 Å². The van der Waals surface area contributed by atoms with Crippen molar-refractivity contribution in [3.05, 3.63) is 0 Å². The van der Waals surface area contributed by atoms with Gasteiger partial charge >= 0.3 is 0 Å². The van der Waals surface area contributed by atoms with E-state index in [-0.39, 0.29) is 0 Å². The minimum absolute atomic E-state index is 0.416. The fourth-order valence-corrected chi connectivity index (χ4v) is 1.78. The highest BCUT2D eigenvalue weighted by Crippen LogP contribution is 2.29. The third kappa shape index (κ3) is 6.86. The second kappa shape index (κ2) is 6.05. The standard InChI is InChI=1S/C10H21Br/c1-4-6-8-10(3,11)9-7-5-2/h4-9H2,1-3H3. The van der Waals surface area contributed by atoms with Gasteiger partial charge in [0.05, 0.1) is 0 Å². The maximum Gasteiger partial charge on any atom is 0.0229 e. The van der Waals surface area contributed by atoms with Gasteiger partial charge < -0.3 is 0 Å². The van der Waals surface area contributed by atoms with Gasteiger partial charge in [0.2, 0.25) is 0 Å². The number of rotatable bonds is 6. The number of alkyl halides is 1. The van der Waals surface area contributed by atoms with Crippen molar-refractivity contribution in [2.45, 2.75) is 63.6 Å². The van der Waals surface area contributed by atoms with E-state index in [9.17, 15) is 0 Å². The van der Waals surface area contributed by atoms with Crippen LogP contribution < -0.4 is 0 Å². The van der Waals surface area contributed by atoms with Gasteiger partial charge in [-0.05, 0) is 19.8 Å². The number of hydrogen-bond acceptors (Lipinski definition) is 0. The zero-order valence-electron chi connectivity index (χ0n) is 8.12. The monoisotopic (exact) mass is 220 g/mol. The van der Waals surface area contributed by atoms with Gasteiger partial charge in [0.1, 0.15) is 0 Å². The topological polar surface area (TPSA) is 0 Å². The molecule has 0 aromatic carbocycles. The predicted molar refractivity (Wildman–Crippen MR) is 56.4 cm³/mol. The molecule has 68 valence electrons. The van der Waals surface area contributed by atoms with Crippen molar-refractivity contribution in [3.8, 4) is 0 Å². The summed E-state index contributed by atoms with van der Waals surface area (Å²) in [6.07, 6.45) is 7.98. The Morgan fingerprint density at radius 2 is 1.36 bits per heavy atom. The van der Waals surface area contributed by atoms with Crippen molar-refractivity contribution in [1.29, 1.82) is 0 Å². The first-order valence-corrected chi connectivity index (χ1v) is 5.60. The van der Waals surface area contributed by atoms with Crippen LogP contribution in [0.2, 0.25) is 0 Å². The first-order chi connectivity index (χ1) is 5.12. The highest BCUT2D eigenvalue weighted by molar-refractivity contribution is 9.10. The Morgan fingerprint density at radius 3 is 1.64 bits per heavy atom. The van der Waals surface area contributed by atoms with Crippen molar-refractivity contribution in [2.24, 2.45) is 0 Å². The number of hydrogen-bond donors (Lipinski definition) is 0. The van der Waals surface area contributed by atoms with Gasteiger partial charge in [-0.3, -0.25) is 0 Å². The molecule has 0 amide bonds. The number of unbranched alkanes of at least 4 members (excludes halogenated alkanes) is 2. The second-order valence-corrected chi connectivity index (χ2v) is 5.53. The normalized spacial score (nSPS) is 12.0. The fourth-order valence-electron chi connectivity index (χ4n) is 1.22. The minimum atomic E-state index is 0.416. The highest BCUT2D eigenvalue weighted by Gasteiger charge is 2.17. The molecule has 0 N–H and O–H groups in total. The maximum atomic E-state index is 3.78. The Balaban J connectivity index is 3.43. The molecule has 0 aliphatic carbocycles. The van der Waals surface area contributed by atoms with E-state index in [1.807, 2.05) is 0 Å². The molecule has 0 unspecified atom stereocenters. The van der Waals surface area contributed by atoms with E-state index >= 15 is 0 Å². The first-order valence-electron chi connectivity index (χ1n) is 4.81. The van der Waals surface area contributed by atoms with E-state index in [0.717, 1.165) is 0 Å². The molecule has 0 aromatic rings. The molecule has 0 nitrogen and oxygen atoms in total. The van der Waals surface area contributed by atoms with Gasteiger partial charge in [-0.15, -0.1) is 0 Å². The molecule has 1 heteroatoms. The molecular formula is C10H21Br. The minimum Gasteiger partial charge on any atom is -0.0856 e. The van der Waals surface area contributed by atoms with Gasteiger partial charge in [-0.1, -0.05) is 55.5 Å². The molecule has 0 aromatic heterocycles. The quantitative estimate of drug-likeness (QED) is 0.578. The Hall–Kier alpha value is 0.480. The molecule has 0 rings (SSSR count). The lowest BCUT2D eigenvalue weighted by molar-refractivity contribution is 0.507. The van der Waals surface area contributed by atoms with Crippen LogP contribution in [0.15, 0.2) is 0 Å². The summed E-state index contributed by atoms with van der Waals surface area (Å²) in [6.45, 7) is 6.82. The zero-order chi connectivity index (χ0) is 8.74. The van der Waals surface area contributed by atoms with Gasteiger partial charge in [0, 0.05) is 4.32 Å². The highest BCUT2D eigenvalue weighted by atomic mass is 79.9. The smallest absolute Gasteiger partial charge is 0.0229 e. The Morgan fingerprint density at radius 1 is 1.00 bits per heavy atom. The summed E-state index contributed by atoms with van der Waals surface area (Å²) in [5, 5.41) is 0. The van der Waals surface area contributed by atoms with E-state index in [0.29, 0.717) is 4.32 Å². The molecule has 0 spiro atoms. The summed E-state index contributed by atoms with van der Waals surface area (Å²) in [6, 6.07) is 0. The second-order valence-electron chi connectivity index (χ2n) is 3.62. The van der Waals surface area contributed by atoms with Crippen molar-refractivity contribution in [3.63, 3.8) is 0 Å². The van der Waals surface area contributed by atoms with Crippen LogP contribution in [0.25, 0.3) is 0 Å². The fraction of sp³-hybridized carbons (Fsp3) is 1.00. The van der Waals surface area contributed by atoms with Crippen LogP contribution in [-0.4, -0.2) is 4.32 Å². The molecule has 0 aliphatic rings. The molecule has 11 heavy (non-hydrogen) atoms. The first kappa shape index (κ1) is 11.5. The molecule has 0 heterocycles. The SMILES string of the molecule is CCCCC(C)(Br)CCCC. The largest absolute Gasteiger partial charge is 0.0856 e. The maximum absolute atomic E-state index is 3.78. The molecule has 0 fully saturated rings. The van der Waals surface area contributed by atoms with E-state index < -0.39 is 0 Å². The average molecular weight is 221 g/mol. The van der Waals surface area contributed by atoms with Crippen LogP contribution in [-0.2, 0) is 0 Å². The third-order valence-corrected chi connectivity index (χ3v) is 2.90. The van der Waals surface area contributed by atoms with Crippen molar-refractivity contribution in [2.75, 3.05) is 0 Å². The van der Waals surface area contributed by atoms with Gasteiger partial charge in [0.25, 0.3) is 0 Å². The molecule has 0 atom stereocenters. The average Bonchev–Trinajstić information content (AvgIpc) is 1.97. The van der Waals surface area contributed by atoms with Crippen molar-refractivity contribution >= 4 is 15.9 Å². The van der Waals surface area contributed by atoms with Crippen LogP contribution in [0, 0.1) is 0 Å². The van der Waals surface area contributed by atoms with Gasteiger partial charge in [0.15, 0.2) is 0 Å². The lowest BCUT2D eigenvalue weighted by atomic mass is 9.98. The van der Waals surface area contributed by atoms with Gasteiger partial charge in [-0.2, -0.15) is 0 Å². The van der Waals surface area contributed by atoms with Crippen LogP contribution in [0.4, 0.5) is 0 Å². The van der Waals surface area contributed by atoms with Gasteiger partial charge in [-0.25, -0.2) is 0 Å². The van der Waals surface area contributed by atoms with Crippen LogP contribution >= 0.6 is 15.9 Å². The molecular weight excluding hydrogens is 200 g/mol. The van der Waals surface area contributed by atoms with E-state index in [1.165, 1.54) is 38.5 Å². The summed E-state index contributed by atoms with van der Waals surface area (Å²) in [5.41, 5.74) is 0. The van der Waals surface area contributed by atoms with Crippen LogP contribution in [0.3, 0.4) is 0 Å². The lowest BCUT2D eigenvalue weighted by Crippen LogP contribution is -2.14. The summed E-state index contributed by atoms with van der Waals surface area (Å²) >= 11 is 3.78. The Kier molecular flexibility index (Phi) is 6.31. The Labute approximate surface area is 79.9 Å².